The molecular weight excluding hydrogens is 220 g/mol. The van der Waals surface area contributed by atoms with E-state index in [9.17, 15) is 4.79 Å². The van der Waals surface area contributed by atoms with Crippen molar-refractivity contribution < 1.29 is 19.0 Å². The van der Waals surface area contributed by atoms with Crippen LogP contribution in [0.15, 0.2) is 18.2 Å². The molecule has 91 valence electrons. The van der Waals surface area contributed by atoms with E-state index < -0.39 is 0 Å². The Balaban J connectivity index is 2.08. The molecule has 0 N–H and O–H groups in total. The number of hydrogen-bond donors (Lipinski definition) is 0. The van der Waals surface area contributed by atoms with Crippen molar-refractivity contribution in [2.45, 2.75) is 6.42 Å². The summed E-state index contributed by atoms with van der Waals surface area (Å²) < 4.78 is 15.3. The molecule has 1 atom stereocenters. The van der Waals surface area contributed by atoms with Gasteiger partial charge in [-0.1, -0.05) is 6.07 Å². The van der Waals surface area contributed by atoms with Gasteiger partial charge in [0.2, 0.25) is 0 Å². The Morgan fingerprint density at radius 3 is 2.65 bits per heavy atom. The predicted molar refractivity (Wildman–Crippen MR) is 62.0 cm³/mol. The molecule has 1 heterocycles. The van der Waals surface area contributed by atoms with E-state index in [0.717, 1.165) is 12.0 Å². The van der Waals surface area contributed by atoms with Crippen LogP contribution in [0.1, 0.15) is 5.56 Å². The molecule has 1 fully saturated rings. The van der Waals surface area contributed by atoms with E-state index >= 15 is 0 Å². The standard InChI is InChI=1S/C13H15O4/c1-15-11-4-3-9(6-12(11)16-2)5-10-7-13(14)17-8-10/h3-4,6-7,10H,5,8H2,1-2H3. The van der Waals surface area contributed by atoms with Crippen molar-refractivity contribution in [2.24, 2.45) is 5.92 Å². The summed E-state index contributed by atoms with van der Waals surface area (Å²) in [5.41, 5.74) is 1.10. The highest BCUT2D eigenvalue weighted by atomic mass is 16.5. The molecule has 0 spiro atoms. The Labute approximate surface area is 100 Å². The fourth-order valence-corrected chi connectivity index (χ4v) is 1.91. The number of cyclic esters (lactones) is 1. The van der Waals surface area contributed by atoms with Crippen LogP contribution in [-0.2, 0) is 16.0 Å². The molecule has 1 radical (unpaired) electrons. The summed E-state index contributed by atoms with van der Waals surface area (Å²) in [6.45, 7) is 0.465. The van der Waals surface area contributed by atoms with Crippen LogP contribution in [0.5, 0.6) is 11.5 Å². The summed E-state index contributed by atoms with van der Waals surface area (Å²) in [5, 5.41) is 0. The highest BCUT2D eigenvalue weighted by Gasteiger charge is 2.24. The molecule has 17 heavy (non-hydrogen) atoms. The first-order valence-corrected chi connectivity index (χ1v) is 5.45. The van der Waals surface area contributed by atoms with Gasteiger partial charge in [-0.25, -0.2) is 0 Å². The van der Waals surface area contributed by atoms with Crippen LogP contribution in [0.25, 0.3) is 0 Å². The molecule has 0 aromatic heterocycles. The van der Waals surface area contributed by atoms with Gasteiger partial charge in [-0.05, 0) is 24.1 Å². The van der Waals surface area contributed by atoms with Crippen LogP contribution in [0.4, 0.5) is 0 Å². The maximum Gasteiger partial charge on any atom is 0.310 e. The van der Waals surface area contributed by atoms with E-state index in [1.165, 1.54) is 0 Å². The van der Waals surface area contributed by atoms with Crippen LogP contribution in [0.2, 0.25) is 0 Å². The van der Waals surface area contributed by atoms with Gasteiger partial charge in [0.25, 0.3) is 0 Å². The maximum absolute atomic E-state index is 10.9. The molecule has 0 aliphatic carbocycles. The number of esters is 1. The molecule has 0 bridgehead atoms. The zero-order valence-corrected chi connectivity index (χ0v) is 9.93. The molecule has 0 saturated carbocycles. The van der Waals surface area contributed by atoms with Crippen molar-refractivity contribution >= 4 is 5.97 Å². The molecule has 2 rings (SSSR count). The lowest BCUT2D eigenvalue weighted by Crippen LogP contribution is -2.04. The summed E-state index contributed by atoms with van der Waals surface area (Å²) in [5.74, 6) is 1.34. The molecule has 4 nitrogen and oxygen atoms in total. The lowest BCUT2D eigenvalue weighted by molar-refractivity contribution is -0.135. The van der Waals surface area contributed by atoms with Gasteiger partial charge in [0.1, 0.15) is 0 Å². The summed E-state index contributed by atoms with van der Waals surface area (Å²) in [6.07, 6.45) is 2.39. The van der Waals surface area contributed by atoms with Gasteiger partial charge in [0.15, 0.2) is 11.5 Å². The second-order valence-electron chi connectivity index (χ2n) is 3.95. The van der Waals surface area contributed by atoms with E-state index in [4.69, 9.17) is 14.2 Å². The average molecular weight is 235 g/mol. The largest absolute Gasteiger partial charge is 0.493 e. The van der Waals surface area contributed by atoms with E-state index in [-0.39, 0.29) is 11.9 Å². The first-order chi connectivity index (χ1) is 8.22. The summed E-state index contributed by atoms with van der Waals surface area (Å²) in [6, 6.07) is 5.76. The van der Waals surface area contributed by atoms with Crippen molar-refractivity contribution in [3.63, 3.8) is 0 Å². The fourth-order valence-electron chi connectivity index (χ4n) is 1.91. The van der Waals surface area contributed by atoms with Gasteiger partial charge in [-0.3, -0.25) is 4.79 Å². The lowest BCUT2D eigenvalue weighted by Gasteiger charge is -2.11. The van der Waals surface area contributed by atoms with Crippen LogP contribution in [-0.4, -0.2) is 26.8 Å². The van der Waals surface area contributed by atoms with Gasteiger partial charge >= 0.3 is 5.97 Å². The van der Waals surface area contributed by atoms with Crippen LogP contribution < -0.4 is 9.47 Å². The minimum Gasteiger partial charge on any atom is -0.493 e. The van der Waals surface area contributed by atoms with Gasteiger partial charge in [-0.15, -0.1) is 0 Å². The van der Waals surface area contributed by atoms with Gasteiger partial charge in [-0.2, -0.15) is 0 Å². The molecular formula is C13H15O4. The predicted octanol–water partition coefficient (Wildman–Crippen LogP) is 1.62. The quantitative estimate of drug-likeness (QED) is 0.744. The Morgan fingerprint density at radius 1 is 1.29 bits per heavy atom. The zero-order chi connectivity index (χ0) is 12.3. The van der Waals surface area contributed by atoms with Crippen molar-refractivity contribution in [2.75, 3.05) is 20.8 Å². The molecule has 1 aliphatic heterocycles. The number of methoxy groups -OCH3 is 2. The number of benzene rings is 1. The maximum atomic E-state index is 10.9. The second-order valence-corrected chi connectivity index (χ2v) is 3.95. The van der Waals surface area contributed by atoms with Crippen LogP contribution >= 0.6 is 0 Å². The van der Waals surface area contributed by atoms with Crippen molar-refractivity contribution in [3.8, 4) is 11.5 Å². The molecule has 1 saturated heterocycles. The summed E-state index contributed by atoms with van der Waals surface area (Å²) >= 11 is 0. The summed E-state index contributed by atoms with van der Waals surface area (Å²) in [4.78, 5) is 10.9. The van der Waals surface area contributed by atoms with E-state index in [1.807, 2.05) is 18.2 Å². The zero-order valence-electron chi connectivity index (χ0n) is 9.93. The Bertz CT molecular complexity index is 414. The van der Waals surface area contributed by atoms with Crippen molar-refractivity contribution in [3.05, 3.63) is 30.2 Å². The minimum absolute atomic E-state index is 0.153. The van der Waals surface area contributed by atoms with Crippen LogP contribution in [0, 0.1) is 12.3 Å². The third kappa shape index (κ3) is 2.70. The highest BCUT2D eigenvalue weighted by Crippen LogP contribution is 2.29. The van der Waals surface area contributed by atoms with E-state index in [0.29, 0.717) is 18.1 Å². The molecule has 4 heteroatoms. The number of hydrogen-bond acceptors (Lipinski definition) is 4. The lowest BCUT2D eigenvalue weighted by atomic mass is 9.98. The third-order valence-corrected chi connectivity index (χ3v) is 2.76. The van der Waals surface area contributed by atoms with Crippen LogP contribution in [0.3, 0.4) is 0 Å². The topological polar surface area (TPSA) is 44.8 Å². The molecule has 1 aromatic carbocycles. The van der Waals surface area contributed by atoms with Gasteiger partial charge in [0.05, 0.1) is 27.2 Å². The number of rotatable bonds is 4. The monoisotopic (exact) mass is 235 g/mol. The van der Waals surface area contributed by atoms with Crippen molar-refractivity contribution in [1.29, 1.82) is 0 Å². The van der Waals surface area contributed by atoms with Gasteiger partial charge in [0, 0.05) is 5.92 Å². The minimum atomic E-state index is -0.226. The third-order valence-electron chi connectivity index (χ3n) is 2.76. The Morgan fingerprint density at radius 2 is 2.06 bits per heavy atom. The molecule has 1 unspecified atom stereocenters. The van der Waals surface area contributed by atoms with E-state index in [2.05, 4.69) is 0 Å². The van der Waals surface area contributed by atoms with E-state index in [1.54, 1.807) is 20.6 Å². The van der Waals surface area contributed by atoms with Crippen molar-refractivity contribution in [1.82, 2.24) is 0 Å². The number of carbonyl (C=O) groups is 1. The smallest absolute Gasteiger partial charge is 0.310 e. The molecule has 0 amide bonds. The Kier molecular flexibility index (Phi) is 3.52. The number of carbonyl (C=O) groups excluding carboxylic acids is 1. The first kappa shape index (κ1) is 11.8. The SMILES string of the molecule is COc1ccc(CC2[CH]C(=O)OC2)cc1OC. The van der Waals surface area contributed by atoms with Gasteiger partial charge < -0.3 is 14.2 Å². The molecule has 1 aliphatic rings. The Hall–Kier alpha value is -1.71. The molecule has 1 aromatic rings. The number of ether oxygens (including phenoxy) is 3. The average Bonchev–Trinajstić information content (AvgIpc) is 2.74. The fraction of sp³-hybridized carbons (Fsp3) is 0.385. The highest BCUT2D eigenvalue weighted by molar-refractivity contribution is 5.81. The second kappa shape index (κ2) is 5.08. The first-order valence-electron chi connectivity index (χ1n) is 5.45. The normalized spacial score (nSPS) is 18.9. The summed E-state index contributed by atoms with van der Waals surface area (Å²) in [7, 11) is 3.21.